The highest BCUT2D eigenvalue weighted by atomic mass is 35.5. The number of nitrogens with zero attached hydrogens (tertiary/aromatic N) is 4. The van der Waals surface area contributed by atoms with Crippen LogP contribution in [0.25, 0.3) is 22.1 Å². The monoisotopic (exact) mass is 503 g/mol. The minimum absolute atomic E-state index is 0.0137. The fraction of sp³-hybridized carbons (Fsp3) is 0.318. The third-order valence-corrected chi connectivity index (χ3v) is 8.01. The second-order valence-corrected chi connectivity index (χ2v) is 17.1. The summed E-state index contributed by atoms with van der Waals surface area (Å²) in [6.45, 7) is 7.93. The summed E-state index contributed by atoms with van der Waals surface area (Å²) in [7, 11) is -4.65. The highest BCUT2D eigenvalue weighted by Crippen LogP contribution is 2.35. The molecule has 0 aliphatic heterocycles. The van der Waals surface area contributed by atoms with Crippen molar-refractivity contribution in [2.24, 2.45) is 0 Å². The van der Waals surface area contributed by atoms with E-state index in [-0.39, 0.29) is 10.2 Å². The number of fused-ring (bicyclic) bond motifs is 3. The molecule has 4 aromatic heterocycles. The van der Waals surface area contributed by atoms with Gasteiger partial charge in [0.2, 0.25) is 0 Å². The summed E-state index contributed by atoms with van der Waals surface area (Å²) in [5.74, 6) is 0.379. The van der Waals surface area contributed by atoms with Crippen molar-refractivity contribution in [2.75, 3.05) is 18.2 Å². The number of sulfone groups is 1. The number of aromatic nitrogens is 4. The van der Waals surface area contributed by atoms with Crippen LogP contribution in [0.1, 0.15) is 0 Å². The largest absolute Gasteiger partial charge is 0.361 e. The molecule has 0 aliphatic carbocycles. The van der Waals surface area contributed by atoms with Crippen LogP contribution in [0.15, 0.2) is 47.6 Å². The highest BCUT2D eigenvalue weighted by Gasteiger charge is 2.19. The molecule has 1 N–H and O–H groups in total. The van der Waals surface area contributed by atoms with E-state index >= 15 is 0 Å². The van der Waals surface area contributed by atoms with Crippen molar-refractivity contribution in [1.29, 1.82) is 0 Å². The molecule has 0 bridgehead atoms. The Morgan fingerprint density at radius 2 is 1.94 bits per heavy atom. The molecule has 0 saturated carbocycles. The van der Waals surface area contributed by atoms with E-state index in [9.17, 15) is 8.42 Å². The molecule has 4 aromatic rings. The summed E-state index contributed by atoms with van der Waals surface area (Å²) in [6, 6.07) is 11.4. The second kappa shape index (κ2) is 9.01. The fourth-order valence-corrected chi connectivity index (χ4v) is 4.98. The Hall–Kier alpha value is -2.53. The van der Waals surface area contributed by atoms with Crippen molar-refractivity contribution in [3.8, 4) is 0 Å². The molecule has 0 unspecified atom stereocenters. The Kier molecular flexibility index (Phi) is 6.45. The van der Waals surface area contributed by atoms with Gasteiger partial charge in [-0.25, -0.2) is 18.4 Å². The van der Waals surface area contributed by atoms with Crippen molar-refractivity contribution < 1.29 is 13.2 Å². The fourth-order valence-electron chi connectivity index (χ4n) is 3.44. The number of rotatable bonds is 8. The summed E-state index contributed by atoms with van der Waals surface area (Å²) in [4.78, 5) is 13.4. The average molecular weight is 504 g/mol. The van der Waals surface area contributed by atoms with E-state index in [1.165, 1.54) is 6.07 Å². The van der Waals surface area contributed by atoms with Crippen LogP contribution >= 0.6 is 11.6 Å². The molecule has 4 rings (SSSR count). The lowest BCUT2D eigenvalue weighted by Crippen LogP contribution is -2.22. The summed E-state index contributed by atoms with van der Waals surface area (Å²) < 4.78 is 31.8. The Bertz CT molecular complexity index is 1430. The Morgan fingerprint density at radius 1 is 1.15 bits per heavy atom. The summed E-state index contributed by atoms with van der Waals surface area (Å²) in [5.41, 5.74) is 2.88. The first kappa shape index (κ1) is 23.6. The van der Waals surface area contributed by atoms with Gasteiger partial charge in [0.1, 0.15) is 23.3 Å². The predicted octanol–water partition coefficient (Wildman–Crippen LogP) is 5.09. The summed E-state index contributed by atoms with van der Waals surface area (Å²) in [6.07, 6.45) is 2.85. The van der Waals surface area contributed by atoms with E-state index in [1.807, 2.05) is 16.7 Å². The van der Waals surface area contributed by atoms with Crippen LogP contribution in [0, 0.1) is 0 Å². The standard InChI is InChI=1S/C22H26ClN5O3SSi/c1-32(29,30)19-9-5-8-18(27-19)25-15-13-17(23)26-22-20(15)21-16(7-6-10-24-21)28(22)14-31-11-12-33(2,3)4/h5-10,13H,11-12,14H2,1-4H3,(H,25,26,27). The predicted molar refractivity (Wildman–Crippen MR) is 135 cm³/mol. The van der Waals surface area contributed by atoms with Gasteiger partial charge in [-0.3, -0.25) is 9.55 Å². The zero-order valence-electron chi connectivity index (χ0n) is 19.0. The molecule has 0 saturated heterocycles. The number of hydrogen-bond donors (Lipinski definition) is 1. The van der Waals surface area contributed by atoms with Crippen molar-refractivity contribution >= 4 is 63.1 Å². The molecule has 0 spiro atoms. The van der Waals surface area contributed by atoms with Crippen LogP contribution in [0.3, 0.4) is 0 Å². The van der Waals surface area contributed by atoms with Gasteiger partial charge in [-0.1, -0.05) is 37.3 Å². The third-order valence-electron chi connectivity index (χ3n) is 5.12. The average Bonchev–Trinajstić information content (AvgIpc) is 3.03. The second-order valence-electron chi connectivity index (χ2n) is 9.10. The smallest absolute Gasteiger partial charge is 0.192 e. The van der Waals surface area contributed by atoms with Crippen LogP contribution < -0.4 is 5.32 Å². The molecule has 174 valence electrons. The van der Waals surface area contributed by atoms with Crippen molar-refractivity contribution in [3.05, 3.63) is 47.7 Å². The normalized spacial score (nSPS) is 12.5. The maximum Gasteiger partial charge on any atom is 0.192 e. The molecule has 0 radical (unpaired) electrons. The zero-order valence-corrected chi connectivity index (χ0v) is 21.5. The SMILES string of the molecule is C[Si](C)(C)CCOCn1c2cccnc2c2c(Nc3cccc(S(C)(=O)=O)n3)cc(Cl)nc21. The van der Waals surface area contributed by atoms with Crippen molar-refractivity contribution in [1.82, 2.24) is 19.5 Å². The Labute approximate surface area is 198 Å². The van der Waals surface area contributed by atoms with E-state index in [0.29, 0.717) is 30.5 Å². The first-order valence-electron chi connectivity index (χ1n) is 10.5. The van der Waals surface area contributed by atoms with Crippen LogP contribution in [-0.4, -0.2) is 48.9 Å². The van der Waals surface area contributed by atoms with Gasteiger partial charge in [-0.05, 0) is 36.4 Å². The van der Waals surface area contributed by atoms with E-state index in [0.717, 1.165) is 28.7 Å². The van der Waals surface area contributed by atoms with Gasteiger partial charge in [0, 0.05) is 27.1 Å². The topological polar surface area (TPSA) is 99.0 Å². The van der Waals surface area contributed by atoms with Crippen molar-refractivity contribution in [3.63, 3.8) is 0 Å². The van der Waals surface area contributed by atoms with E-state index in [1.54, 1.807) is 24.4 Å². The molecular formula is C22H26ClN5O3SSi. The minimum Gasteiger partial charge on any atom is -0.361 e. The van der Waals surface area contributed by atoms with Gasteiger partial charge in [0.15, 0.2) is 14.9 Å². The first-order chi connectivity index (χ1) is 15.5. The van der Waals surface area contributed by atoms with Gasteiger partial charge in [0.25, 0.3) is 0 Å². The maximum absolute atomic E-state index is 11.9. The van der Waals surface area contributed by atoms with E-state index in [4.69, 9.17) is 16.3 Å². The molecule has 4 heterocycles. The molecule has 0 atom stereocenters. The lowest BCUT2D eigenvalue weighted by Gasteiger charge is -2.16. The zero-order chi connectivity index (χ0) is 23.8. The molecule has 0 aromatic carbocycles. The number of nitrogens with one attached hydrogen (secondary N) is 1. The molecular weight excluding hydrogens is 478 g/mol. The molecule has 11 heteroatoms. The van der Waals surface area contributed by atoms with Gasteiger partial charge in [-0.2, -0.15) is 0 Å². The Balaban J connectivity index is 1.78. The molecule has 0 fully saturated rings. The van der Waals surface area contributed by atoms with Crippen molar-refractivity contribution in [2.45, 2.75) is 37.4 Å². The lowest BCUT2D eigenvalue weighted by atomic mass is 10.2. The van der Waals surface area contributed by atoms with Gasteiger partial charge in [-0.15, -0.1) is 0 Å². The number of hydrogen-bond acceptors (Lipinski definition) is 7. The molecule has 8 nitrogen and oxygen atoms in total. The van der Waals surface area contributed by atoms with E-state index < -0.39 is 17.9 Å². The number of ether oxygens (including phenoxy) is 1. The third kappa shape index (κ3) is 5.35. The molecule has 0 amide bonds. The number of anilines is 2. The van der Waals surface area contributed by atoms with Gasteiger partial charge >= 0.3 is 0 Å². The quantitative estimate of drug-likeness (QED) is 0.203. The minimum atomic E-state index is -3.44. The summed E-state index contributed by atoms with van der Waals surface area (Å²) in [5, 5.41) is 4.24. The van der Waals surface area contributed by atoms with Crippen LogP contribution in [0.5, 0.6) is 0 Å². The van der Waals surface area contributed by atoms with E-state index in [2.05, 4.69) is 39.9 Å². The Morgan fingerprint density at radius 3 is 2.67 bits per heavy atom. The van der Waals surface area contributed by atoms with Gasteiger partial charge in [0.05, 0.1) is 22.1 Å². The molecule has 33 heavy (non-hydrogen) atoms. The van der Waals surface area contributed by atoms with Crippen LogP contribution in [-0.2, 0) is 21.3 Å². The van der Waals surface area contributed by atoms with Gasteiger partial charge < -0.3 is 10.1 Å². The molecule has 0 aliphatic rings. The van der Waals surface area contributed by atoms with Crippen LogP contribution in [0.2, 0.25) is 30.8 Å². The maximum atomic E-state index is 11.9. The number of pyridine rings is 3. The summed E-state index contributed by atoms with van der Waals surface area (Å²) >= 11 is 6.38. The van der Waals surface area contributed by atoms with Crippen LogP contribution in [0.4, 0.5) is 11.5 Å². The first-order valence-corrected chi connectivity index (χ1v) is 16.5. The number of halogens is 1. The highest BCUT2D eigenvalue weighted by molar-refractivity contribution is 7.90. The lowest BCUT2D eigenvalue weighted by molar-refractivity contribution is 0.0926.